The van der Waals surface area contributed by atoms with Gasteiger partial charge in [0.05, 0.1) is 6.04 Å². The van der Waals surface area contributed by atoms with Gasteiger partial charge in [-0.15, -0.1) is 0 Å². The lowest BCUT2D eigenvalue weighted by atomic mass is 9.99. The number of aliphatic carboxylic acids is 1. The lowest BCUT2D eigenvalue weighted by Crippen LogP contribution is -2.57. The number of unbranched alkanes of at least 4 members (excludes halogenated alkanes) is 1. The van der Waals surface area contributed by atoms with E-state index in [0.29, 0.717) is 38.6 Å². The Labute approximate surface area is 189 Å². The number of carbonyl (C=O) groups is 4. The summed E-state index contributed by atoms with van der Waals surface area (Å²) < 4.78 is 0. The van der Waals surface area contributed by atoms with Crippen molar-refractivity contribution in [3.63, 3.8) is 0 Å². The Morgan fingerprint density at radius 1 is 0.968 bits per heavy atom. The molecule has 0 saturated carbocycles. The van der Waals surface area contributed by atoms with E-state index in [1.165, 1.54) is 6.92 Å². The van der Waals surface area contributed by atoms with Crippen molar-refractivity contribution in [1.29, 1.82) is 0 Å². The average Bonchev–Trinajstić information content (AvgIpc) is 2.73. The highest BCUT2D eigenvalue weighted by molar-refractivity contribution is 7.98. The van der Waals surface area contributed by atoms with Crippen LogP contribution >= 0.6 is 11.8 Å². The largest absolute Gasteiger partial charge is 0.480 e. The number of nitrogens with two attached hydrogens (primary N) is 2. The number of nitrogens with one attached hydrogen (secondary N) is 3. The first kappa shape index (κ1) is 29.1. The van der Waals surface area contributed by atoms with Crippen molar-refractivity contribution in [2.24, 2.45) is 17.4 Å². The molecular formula is C20H39N5O5S. The van der Waals surface area contributed by atoms with Gasteiger partial charge in [0.25, 0.3) is 0 Å². The van der Waals surface area contributed by atoms with Gasteiger partial charge < -0.3 is 32.5 Å². The molecular weight excluding hydrogens is 422 g/mol. The third-order valence-electron chi connectivity index (χ3n) is 5.08. The van der Waals surface area contributed by atoms with Crippen LogP contribution in [0.1, 0.15) is 52.9 Å². The number of hydrogen-bond donors (Lipinski definition) is 6. The van der Waals surface area contributed by atoms with Crippen LogP contribution in [0.25, 0.3) is 0 Å². The fourth-order valence-corrected chi connectivity index (χ4v) is 3.25. The maximum atomic E-state index is 12.7. The maximum absolute atomic E-state index is 12.7. The number of carbonyl (C=O) groups excluding carboxylic acids is 3. The molecule has 0 heterocycles. The summed E-state index contributed by atoms with van der Waals surface area (Å²) in [6.07, 6.45) is 4.62. The minimum Gasteiger partial charge on any atom is -0.480 e. The zero-order valence-electron chi connectivity index (χ0n) is 19.0. The molecule has 0 aliphatic heterocycles. The number of thioether (sulfide) groups is 1. The van der Waals surface area contributed by atoms with Crippen LogP contribution < -0.4 is 27.4 Å². The molecule has 10 nitrogen and oxygen atoms in total. The molecule has 0 aromatic rings. The van der Waals surface area contributed by atoms with Gasteiger partial charge in [0.15, 0.2) is 0 Å². The van der Waals surface area contributed by atoms with E-state index in [4.69, 9.17) is 11.5 Å². The van der Waals surface area contributed by atoms with Gasteiger partial charge in [-0.25, -0.2) is 4.79 Å². The van der Waals surface area contributed by atoms with Gasteiger partial charge >= 0.3 is 5.97 Å². The van der Waals surface area contributed by atoms with Crippen molar-refractivity contribution in [1.82, 2.24) is 16.0 Å². The van der Waals surface area contributed by atoms with Crippen LogP contribution in [-0.2, 0) is 19.2 Å². The second-order valence-corrected chi connectivity index (χ2v) is 8.66. The van der Waals surface area contributed by atoms with Crippen LogP contribution in [0.4, 0.5) is 0 Å². The van der Waals surface area contributed by atoms with Crippen LogP contribution in [0.15, 0.2) is 0 Å². The SMILES string of the molecule is CCC(C)C(NC(=O)C(C)NC(=O)C(CCCCN)NC(=O)C(N)CCSC)C(=O)O. The van der Waals surface area contributed by atoms with E-state index in [9.17, 15) is 24.3 Å². The van der Waals surface area contributed by atoms with Gasteiger partial charge in [-0.2, -0.15) is 11.8 Å². The Morgan fingerprint density at radius 3 is 2.13 bits per heavy atom. The molecule has 0 aromatic heterocycles. The number of amides is 3. The predicted octanol–water partition coefficient (Wildman–Crippen LogP) is -0.199. The topological polar surface area (TPSA) is 177 Å². The van der Waals surface area contributed by atoms with Crippen molar-refractivity contribution in [3.8, 4) is 0 Å². The summed E-state index contributed by atoms with van der Waals surface area (Å²) in [5.74, 6) is -2.24. The Morgan fingerprint density at radius 2 is 1.61 bits per heavy atom. The normalized spacial score (nSPS) is 15.8. The van der Waals surface area contributed by atoms with E-state index in [1.807, 2.05) is 13.2 Å². The summed E-state index contributed by atoms with van der Waals surface area (Å²) in [6.45, 7) is 5.48. The quantitative estimate of drug-likeness (QED) is 0.171. The van der Waals surface area contributed by atoms with E-state index in [0.717, 1.165) is 5.75 Å². The zero-order chi connectivity index (χ0) is 24.0. The lowest BCUT2D eigenvalue weighted by Gasteiger charge is -2.25. The van der Waals surface area contributed by atoms with Gasteiger partial charge in [-0.1, -0.05) is 20.3 Å². The predicted molar refractivity (Wildman–Crippen MR) is 122 cm³/mol. The standard InChI is InChI=1S/C20H39N5O5S/c1-5-12(2)16(20(29)30)25-17(26)13(3)23-19(28)15(8-6-7-10-21)24-18(27)14(22)9-11-31-4/h12-16H,5-11,21-22H2,1-4H3,(H,23,28)(H,24,27)(H,25,26)(H,29,30). The molecule has 0 spiro atoms. The first-order valence-electron chi connectivity index (χ1n) is 10.7. The molecule has 5 unspecified atom stereocenters. The molecule has 0 saturated heterocycles. The van der Waals surface area contributed by atoms with Crippen LogP contribution in [0, 0.1) is 5.92 Å². The van der Waals surface area contributed by atoms with Gasteiger partial charge in [-0.05, 0) is 57.1 Å². The molecule has 180 valence electrons. The Bertz CT molecular complexity index is 592. The second-order valence-electron chi connectivity index (χ2n) is 7.67. The molecule has 0 rings (SSSR count). The van der Waals surface area contributed by atoms with E-state index in [2.05, 4.69) is 16.0 Å². The molecule has 8 N–H and O–H groups in total. The van der Waals surface area contributed by atoms with E-state index >= 15 is 0 Å². The Kier molecular flexibility index (Phi) is 14.9. The smallest absolute Gasteiger partial charge is 0.326 e. The zero-order valence-corrected chi connectivity index (χ0v) is 19.8. The number of carboxylic acids is 1. The summed E-state index contributed by atoms with van der Waals surface area (Å²) in [7, 11) is 0. The first-order valence-corrected chi connectivity index (χ1v) is 12.1. The molecule has 0 aromatic carbocycles. The van der Waals surface area contributed by atoms with Crippen LogP contribution in [0.5, 0.6) is 0 Å². The van der Waals surface area contributed by atoms with Gasteiger partial charge in [0.2, 0.25) is 17.7 Å². The second kappa shape index (κ2) is 15.9. The monoisotopic (exact) mass is 461 g/mol. The Balaban J connectivity index is 5.06. The summed E-state index contributed by atoms with van der Waals surface area (Å²) in [4.78, 5) is 48.9. The molecule has 3 amide bonds. The maximum Gasteiger partial charge on any atom is 0.326 e. The van der Waals surface area contributed by atoms with Crippen LogP contribution in [0.2, 0.25) is 0 Å². The molecule has 0 radical (unpaired) electrons. The van der Waals surface area contributed by atoms with E-state index in [-0.39, 0.29) is 5.92 Å². The highest BCUT2D eigenvalue weighted by Crippen LogP contribution is 2.09. The summed E-state index contributed by atoms with van der Waals surface area (Å²) >= 11 is 1.57. The van der Waals surface area contributed by atoms with Crippen LogP contribution in [0.3, 0.4) is 0 Å². The van der Waals surface area contributed by atoms with Crippen LogP contribution in [-0.4, -0.2) is 71.5 Å². The van der Waals surface area contributed by atoms with Crippen molar-refractivity contribution in [2.75, 3.05) is 18.6 Å². The lowest BCUT2D eigenvalue weighted by molar-refractivity contribution is -0.143. The number of carboxylic acid groups (broad SMARTS) is 1. The van der Waals surface area contributed by atoms with Gasteiger partial charge in [-0.3, -0.25) is 14.4 Å². The number of hydrogen-bond acceptors (Lipinski definition) is 7. The summed E-state index contributed by atoms with van der Waals surface area (Å²) in [6, 6.07) is -3.62. The third-order valence-corrected chi connectivity index (χ3v) is 5.72. The molecule has 11 heteroatoms. The molecule has 31 heavy (non-hydrogen) atoms. The summed E-state index contributed by atoms with van der Waals surface area (Å²) in [5.41, 5.74) is 11.4. The van der Waals surface area contributed by atoms with E-state index < -0.39 is 47.9 Å². The fourth-order valence-electron chi connectivity index (χ4n) is 2.76. The first-order chi connectivity index (χ1) is 14.6. The fraction of sp³-hybridized carbons (Fsp3) is 0.800. The summed E-state index contributed by atoms with van der Waals surface area (Å²) in [5, 5.41) is 17.0. The Hall–Kier alpha value is -1.85. The van der Waals surface area contributed by atoms with Crippen molar-refractivity contribution >= 4 is 35.5 Å². The van der Waals surface area contributed by atoms with Crippen molar-refractivity contribution in [3.05, 3.63) is 0 Å². The molecule has 0 aliphatic carbocycles. The van der Waals surface area contributed by atoms with E-state index in [1.54, 1.807) is 18.7 Å². The highest BCUT2D eigenvalue weighted by Gasteiger charge is 2.29. The average molecular weight is 462 g/mol. The minimum atomic E-state index is -1.13. The highest BCUT2D eigenvalue weighted by atomic mass is 32.2. The van der Waals surface area contributed by atoms with Crippen molar-refractivity contribution < 1.29 is 24.3 Å². The molecule has 0 fully saturated rings. The number of rotatable bonds is 16. The molecule has 0 bridgehead atoms. The molecule has 0 aliphatic rings. The van der Waals surface area contributed by atoms with Crippen molar-refractivity contribution in [2.45, 2.75) is 77.0 Å². The van der Waals surface area contributed by atoms with Gasteiger partial charge in [0.1, 0.15) is 18.1 Å². The third kappa shape index (κ3) is 11.4. The minimum absolute atomic E-state index is 0.268. The van der Waals surface area contributed by atoms with Gasteiger partial charge in [0, 0.05) is 0 Å². The molecule has 5 atom stereocenters.